The van der Waals surface area contributed by atoms with Gasteiger partial charge in [-0.15, -0.1) is 0 Å². The second-order valence-electron chi connectivity index (χ2n) is 3.50. The monoisotopic (exact) mass is 254 g/mol. The minimum atomic E-state index is -3.44. The lowest BCUT2D eigenvalue weighted by Gasteiger charge is -2.15. The molecule has 0 spiro atoms. The van der Waals surface area contributed by atoms with Gasteiger partial charge in [0.15, 0.2) is 0 Å². The molecule has 0 saturated heterocycles. The molecule has 0 aliphatic rings. The second kappa shape index (κ2) is 6.37. The van der Waals surface area contributed by atoms with E-state index in [2.05, 4.69) is 16.9 Å². The van der Waals surface area contributed by atoms with Crippen LogP contribution < -0.4 is 10.5 Å². The van der Waals surface area contributed by atoms with E-state index < -0.39 is 15.3 Å². The standard InChI is InChI=1S/C8H18N2O3S2/c1-6(5-13-3)4-10-15(11,12)7(2)8(9)14/h6-7,10H,4-5H2,1-3H3,(H2,9,14). The molecule has 0 radical (unpaired) electrons. The molecule has 2 unspecified atom stereocenters. The molecule has 0 aliphatic heterocycles. The fraction of sp³-hybridized carbons (Fsp3) is 0.875. The van der Waals surface area contributed by atoms with Crippen LogP contribution in [0.15, 0.2) is 0 Å². The average molecular weight is 254 g/mol. The molecule has 0 saturated carbocycles. The third-order valence-electron chi connectivity index (χ3n) is 1.95. The molecule has 0 aromatic rings. The van der Waals surface area contributed by atoms with E-state index in [1.807, 2.05) is 6.92 Å². The van der Waals surface area contributed by atoms with Gasteiger partial charge in [-0.05, 0) is 12.8 Å². The molecule has 90 valence electrons. The number of hydrogen-bond acceptors (Lipinski definition) is 4. The van der Waals surface area contributed by atoms with Gasteiger partial charge in [-0.1, -0.05) is 19.1 Å². The molecule has 5 nitrogen and oxygen atoms in total. The molecule has 0 aliphatic carbocycles. The number of methoxy groups -OCH3 is 1. The van der Waals surface area contributed by atoms with Gasteiger partial charge in [0.1, 0.15) is 5.25 Å². The molecule has 15 heavy (non-hydrogen) atoms. The number of hydrogen-bond donors (Lipinski definition) is 2. The van der Waals surface area contributed by atoms with E-state index in [1.54, 1.807) is 7.11 Å². The molecule has 0 heterocycles. The Morgan fingerprint density at radius 2 is 2.07 bits per heavy atom. The van der Waals surface area contributed by atoms with Crippen LogP contribution in [0.5, 0.6) is 0 Å². The highest BCUT2D eigenvalue weighted by Gasteiger charge is 2.23. The zero-order valence-electron chi connectivity index (χ0n) is 9.19. The summed E-state index contributed by atoms with van der Waals surface area (Å²) in [5.41, 5.74) is 5.27. The Morgan fingerprint density at radius 1 is 1.53 bits per heavy atom. The summed E-state index contributed by atoms with van der Waals surface area (Å²) >= 11 is 4.63. The molecule has 7 heteroatoms. The SMILES string of the molecule is COCC(C)CNS(=O)(=O)C(C)C(N)=S. The van der Waals surface area contributed by atoms with E-state index in [1.165, 1.54) is 6.92 Å². The lowest BCUT2D eigenvalue weighted by molar-refractivity contribution is 0.161. The molecule has 0 rings (SSSR count). The summed E-state index contributed by atoms with van der Waals surface area (Å²) in [6, 6.07) is 0. The topological polar surface area (TPSA) is 81.4 Å². The zero-order valence-corrected chi connectivity index (χ0v) is 10.8. The van der Waals surface area contributed by atoms with Crippen molar-refractivity contribution in [2.75, 3.05) is 20.3 Å². The van der Waals surface area contributed by atoms with Gasteiger partial charge in [0, 0.05) is 20.3 Å². The van der Waals surface area contributed by atoms with Gasteiger partial charge in [0.05, 0.1) is 4.99 Å². The van der Waals surface area contributed by atoms with Crippen LogP contribution in [-0.2, 0) is 14.8 Å². The van der Waals surface area contributed by atoms with Crippen molar-refractivity contribution in [2.45, 2.75) is 19.1 Å². The number of thiocarbonyl (C=S) groups is 1. The van der Waals surface area contributed by atoms with Gasteiger partial charge < -0.3 is 10.5 Å². The number of sulfonamides is 1. The minimum Gasteiger partial charge on any atom is -0.392 e. The van der Waals surface area contributed by atoms with Gasteiger partial charge in [0.25, 0.3) is 0 Å². The Balaban J connectivity index is 4.22. The van der Waals surface area contributed by atoms with Crippen LogP contribution in [0.25, 0.3) is 0 Å². The van der Waals surface area contributed by atoms with Crippen LogP contribution >= 0.6 is 12.2 Å². The molecular formula is C8H18N2O3S2. The maximum atomic E-state index is 11.6. The maximum absolute atomic E-state index is 11.6. The molecule has 2 atom stereocenters. The number of rotatable bonds is 7. The summed E-state index contributed by atoms with van der Waals surface area (Å²) in [4.78, 5) is -0.0260. The van der Waals surface area contributed by atoms with Gasteiger partial charge in [0.2, 0.25) is 10.0 Å². The third-order valence-corrected chi connectivity index (χ3v) is 4.21. The Hall–Kier alpha value is -0.240. The van der Waals surface area contributed by atoms with Crippen LogP contribution in [0.1, 0.15) is 13.8 Å². The first-order chi connectivity index (χ1) is 6.81. The number of nitrogens with two attached hydrogens (primary N) is 1. The fourth-order valence-electron chi connectivity index (χ4n) is 0.880. The predicted octanol–water partition coefficient (Wildman–Crippen LogP) is -0.137. The maximum Gasteiger partial charge on any atom is 0.220 e. The summed E-state index contributed by atoms with van der Waals surface area (Å²) in [5, 5.41) is -0.845. The second-order valence-corrected chi connectivity index (χ2v) is 6.06. The Kier molecular flexibility index (Phi) is 6.26. The van der Waals surface area contributed by atoms with E-state index in [0.29, 0.717) is 13.2 Å². The van der Waals surface area contributed by atoms with Crippen molar-refractivity contribution in [1.82, 2.24) is 4.72 Å². The molecule has 0 amide bonds. The van der Waals surface area contributed by atoms with Crippen molar-refractivity contribution in [1.29, 1.82) is 0 Å². The normalized spacial score (nSPS) is 15.9. The highest BCUT2D eigenvalue weighted by molar-refractivity contribution is 7.93. The highest BCUT2D eigenvalue weighted by atomic mass is 32.2. The first-order valence-electron chi connectivity index (χ1n) is 4.58. The first-order valence-corrected chi connectivity index (χ1v) is 6.53. The van der Waals surface area contributed by atoms with E-state index in [-0.39, 0.29) is 10.9 Å². The molecule has 3 N–H and O–H groups in total. The van der Waals surface area contributed by atoms with Crippen molar-refractivity contribution < 1.29 is 13.2 Å². The molecular weight excluding hydrogens is 236 g/mol. The van der Waals surface area contributed by atoms with Crippen molar-refractivity contribution >= 4 is 27.2 Å². The fourth-order valence-corrected chi connectivity index (χ4v) is 2.33. The molecule has 0 aromatic heterocycles. The van der Waals surface area contributed by atoms with Crippen molar-refractivity contribution in [3.8, 4) is 0 Å². The number of ether oxygens (including phenoxy) is 1. The predicted molar refractivity (Wildman–Crippen MR) is 64.2 cm³/mol. The quantitative estimate of drug-likeness (QED) is 0.618. The Morgan fingerprint density at radius 3 is 2.47 bits per heavy atom. The Labute approximate surface area is 96.4 Å². The van der Waals surface area contributed by atoms with Crippen LogP contribution in [0, 0.1) is 5.92 Å². The summed E-state index contributed by atoms with van der Waals surface area (Å²) < 4.78 is 30.5. The highest BCUT2D eigenvalue weighted by Crippen LogP contribution is 2.00. The molecule has 0 aromatic carbocycles. The van der Waals surface area contributed by atoms with Crippen molar-refractivity contribution in [2.24, 2.45) is 11.7 Å². The van der Waals surface area contributed by atoms with Crippen molar-refractivity contribution in [3.63, 3.8) is 0 Å². The van der Waals surface area contributed by atoms with E-state index in [0.717, 1.165) is 0 Å². The Bertz CT molecular complexity index is 303. The van der Waals surface area contributed by atoms with Gasteiger partial charge in [-0.25, -0.2) is 13.1 Å². The summed E-state index contributed by atoms with van der Waals surface area (Å²) in [7, 11) is -1.87. The summed E-state index contributed by atoms with van der Waals surface area (Å²) in [6.07, 6.45) is 0. The smallest absolute Gasteiger partial charge is 0.220 e. The van der Waals surface area contributed by atoms with Crippen LogP contribution in [0.2, 0.25) is 0 Å². The van der Waals surface area contributed by atoms with E-state index in [9.17, 15) is 8.42 Å². The lowest BCUT2D eigenvalue weighted by Crippen LogP contribution is -2.41. The van der Waals surface area contributed by atoms with Crippen LogP contribution in [-0.4, -0.2) is 38.9 Å². The van der Waals surface area contributed by atoms with Gasteiger partial charge in [-0.3, -0.25) is 0 Å². The minimum absolute atomic E-state index is 0.0260. The number of nitrogens with one attached hydrogen (secondary N) is 1. The average Bonchev–Trinajstić information content (AvgIpc) is 2.14. The largest absolute Gasteiger partial charge is 0.392 e. The van der Waals surface area contributed by atoms with Crippen LogP contribution in [0.4, 0.5) is 0 Å². The molecule has 0 fully saturated rings. The van der Waals surface area contributed by atoms with Gasteiger partial charge >= 0.3 is 0 Å². The van der Waals surface area contributed by atoms with Gasteiger partial charge in [-0.2, -0.15) is 0 Å². The molecule has 0 bridgehead atoms. The van der Waals surface area contributed by atoms with Crippen molar-refractivity contribution in [3.05, 3.63) is 0 Å². The van der Waals surface area contributed by atoms with Crippen LogP contribution in [0.3, 0.4) is 0 Å². The van der Waals surface area contributed by atoms with E-state index in [4.69, 9.17) is 10.5 Å². The summed E-state index contributed by atoms with van der Waals surface area (Å²) in [5.74, 6) is 0.114. The lowest BCUT2D eigenvalue weighted by atomic mass is 10.2. The van der Waals surface area contributed by atoms with E-state index >= 15 is 0 Å². The zero-order chi connectivity index (χ0) is 12.1. The third kappa shape index (κ3) is 5.41. The first kappa shape index (κ1) is 14.8. The summed E-state index contributed by atoms with van der Waals surface area (Å²) in [6.45, 7) is 4.18.